The maximum Gasteiger partial charge on any atom is 0.307 e. The molecule has 1 heterocycles. The number of benzene rings is 2. The van der Waals surface area contributed by atoms with Gasteiger partial charge in [0.25, 0.3) is 0 Å². The van der Waals surface area contributed by atoms with E-state index in [-0.39, 0.29) is 6.42 Å². The van der Waals surface area contributed by atoms with Crippen molar-refractivity contribution in [3.05, 3.63) is 54.6 Å². The number of hydrogen-bond donors (Lipinski definition) is 2. The fraction of sp³-hybridized carbons (Fsp3) is 0.235. The SMILES string of the molecule is O=C(O)CC1(Oc2ccccc2-c2ccccc2)CNC1. The van der Waals surface area contributed by atoms with E-state index in [1.54, 1.807) is 0 Å². The van der Waals surface area contributed by atoms with Crippen molar-refractivity contribution >= 4 is 5.97 Å². The summed E-state index contributed by atoms with van der Waals surface area (Å²) in [6.07, 6.45) is 0.00310. The van der Waals surface area contributed by atoms with Gasteiger partial charge < -0.3 is 15.2 Å². The lowest BCUT2D eigenvalue weighted by Gasteiger charge is -2.41. The topological polar surface area (TPSA) is 58.6 Å². The van der Waals surface area contributed by atoms with Crippen molar-refractivity contribution < 1.29 is 14.6 Å². The smallest absolute Gasteiger partial charge is 0.307 e. The summed E-state index contributed by atoms with van der Waals surface area (Å²) in [5.41, 5.74) is 1.40. The van der Waals surface area contributed by atoms with E-state index in [1.807, 2.05) is 54.6 Å². The van der Waals surface area contributed by atoms with Crippen molar-refractivity contribution in [2.45, 2.75) is 12.0 Å². The molecule has 2 aromatic carbocycles. The predicted molar refractivity (Wildman–Crippen MR) is 80.4 cm³/mol. The highest BCUT2D eigenvalue weighted by Gasteiger charge is 2.42. The quantitative estimate of drug-likeness (QED) is 0.885. The van der Waals surface area contributed by atoms with Crippen LogP contribution < -0.4 is 10.1 Å². The minimum atomic E-state index is -0.839. The average Bonchev–Trinajstić information content (AvgIpc) is 2.46. The van der Waals surface area contributed by atoms with Gasteiger partial charge in [0.15, 0.2) is 0 Å². The van der Waals surface area contributed by atoms with E-state index in [9.17, 15) is 4.79 Å². The molecule has 2 aromatic rings. The third-order valence-electron chi connectivity index (χ3n) is 3.67. The Bertz CT molecular complexity index is 635. The molecule has 0 amide bonds. The Balaban J connectivity index is 1.91. The Morgan fingerprint density at radius 3 is 2.38 bits per heavy atom. The first-order valence-electron chi connectivity index (χ1n) is 6.95. The van der Waals surface area contributed by atoms with E-state index in [0.29, 0.717) is 13.1 Å². The maximum absolute atomic E-state index is 11.0. The van der Waals surface area contributed by atoms with Gasteiger partial charge in [0.1, 0.15) is 11.4 Å². The zero-order valence-corrected chi connectivity index (χ0v) is 11.6. The molecule has 2 N–H and O–H groups in total. The van der Waals surface area contributed by atoms with Gasteiger partial charge >= 0.3 is 5.97 Å². The Morgan fingerprint density at radius 1 is 1.10 bits per heavy atom. The van der Waals surface area contributed by atoms with E-state index < -0.39 is 11.6 Å². The molecule has 0 spiro atoms. The number of rotatable bonds is 5. The number of nitrogens with one attached hydrogen (secondary N) is 1. The number of carbonyl (C=O) groups is 1. The number of carboxylic acid groups (broad SMARTS) is 1. The molecule has 1 aliphatic rings. The van der Waals surface area contributed by atoms with Crippen LogP contribution in [0.3, 0.4) is 0 Å². The van der Waals surface area contributed by atoms with Crippen molar-refractivity contribution in [2.75, 3.05) is 13.1 Å². The van der Waals surface area contributed by atoms with Crippen LogP contribution in [0, 0.1) is 0 Å². The van der Waals surface area contributed by atoms with E-state index >= 15 is 0 Å². The molecule has 1 aliphatic heterocycles. The minimum Gasteiger partial charge on any atom is -0.483 e. The summed E-state index contributed by atoms with van der Waals surface area (Å²) < 4.78 is 6.09. The molecule has 1 saturated heterocycles. The normalized spacial score (nSPS) is 16.0. The van der Waals surface area contributed by atoms with Crippen LogP contribution >= 0.6 is 0 Å². The molecule has 0 radical (unpaired) electrons. The van der Waals surface area contributed by atoms with Crippen molar-refractivity contribution in [2.24, 2.45) is 0 Å². The molecule has 0 bridgehead atoms. The van der Waals surface area contributed by atoms with Crippen LogP contribution in [-0.4, -0.2) is 29.8 Å². The van der Waals surface area contributed by atoms with Crippen LogP contribution in [0.4, 0.5) is 0 Å². The van der Waals surface area contributed by atoms with Gasteiger partial charge in [-0.2, -0.15) is 0 Å². The van der Waals surface area contributed by atoms with Crippen LogP contribution in [-0.2, 0) is 4.79 Å². The summed E-state index contributed by atoms with van der Waals surface area (Å²) >= 11 is 0. The molecule has 4 heteroatoms. The van der Waals surface area contributed by atoms with Gasteiger partial charge in [0.05, 0.1) is 6.42 Å². The largest absolute Gasteiger partial charge is 0.483 e. The summed E-state index contributed by atoms with van der Waals surface area (Å²) in [5.74, 6) is -0.111. The summed E-state index contributed by atoms with van der Waals surface area (Å²) in [4.78, 5) is 11.0. The third-order valence-corrected chi connectivity index (χ3v) is 3.67. The van der Waals surface area contributed by atoms with Gasteiger partial charge in [-0.15, -0.1) is 0 Å². The van der Waals surface area contributed by atoms with Crippen molar-refractivity contribution in [1.29, 1.82) is 0 Å². The molecule has 0 aliphatic carbocycles. The Hall–Kier alpha value is -2.33. The van der Waals surface area contributed by atoms with E-state index in [2.05, 4.69) is 5.32 Å². The lowest BCUT2D eigenvalue weighted by atomic mass is 9.92. The number of carboxylic acids is 1. The molecule has 0 saturated carbocycles. The molecule has 108 valence electrons. The molecule has 21 heavy (non-hydrogen) atoms. The molecule has 1 fully saturated rings. The Kier molecular flexibility index (Phi) is 3.62. The second kappa shape index (κ2) is 5.58. The molecule has 3 rings (SSSR count). The lowest BCUT2D eigenvalue weighted by Crippen LogP contribution is -2.64. The van der Waals surface area contributed by atoms with Gasteiger partial charge in [-0.25, -0.2) is 0 Å². The van der Waals surface area contributed by atoms with Crippen LogP contribution in [0.2, 0.25) is 0 Å². The average molecular weight is 283 g/mol. The number of hydrogen-bond acceptors (Lipinski definition) is 3. The van der Waals surface area contributed by atoms with Gasteiger partial charge in [-0.3, -0.25) is 4.79 Å². The van der Waals surface area contributed by atoms with Crippen molar-refractivity contribution in [1.82, 2.24) is 5.32 Å². The standard InChI is InChI=1S/C17H17NO3/c19-16(20)10-17(11-18-12-17)21-15-9-5-4-8-14(15)13-6-2-1-3-7-13/h1-9,18H,10-12H2,(H,19,20). The Labute approximate surface area is 123 Å². The first-order chi connectivity index (χ1) is 10.2. The van der Waals surface area contributed by atoms with Gasteiger partial charge in [-0.1, -0.05) is 48.5 Å². The second-order valence-electron chi connectivity index (χ2n) is 5.32. The van der Waals surface area contributed by atoms with E-state index in [0.717, 1.165) is 16.9 Å². The van der Waals surface area contributed by atoms with Crippen LogP contribution in [0.25, 0.3) is 11.1 Å². The zero-order valence-electron chi connectivity index (χ0n) is 11.6. The fourth-order valence-corrected chi connectivity index (χ4v) is 2.56. The molecule has 4 nitrogen and oxygen atoms in total. The molecule has 0 atom stereocenters. The monoisotopic (exact) mass is 283 g/mol. The fourth-order valence-electron chi connectivity index (χ4n) is 2.56. The van der Waals surface area contributed by atoms with E-state index in [4.69, 9.17) is 9.84 Å². The maximum atomic E-state index is 11.0. The van der Waals surface area contributed by atoms with E-state index in [1.165, 1.54) is 0 Å². The van der Waals surface area contributed by atoms with Crippen LogP contribution in [0.5, 0.6) is 5.75 Å². The highest BCUT2D eigenvalue weighted by Crippen LogP contribution is 2.34. The zero-order chi connectivity index (χ0) is 14.7. The predicted octanol–water partition coefficient (Wildman–Crippen LogP) is 2.55. The highest BCUT2D eigenvalue weighted by atomic mass is 16.5. The Morgan fingerprint density at radius 2 is 1.76 bits per heavy atom. The minimum absolute atomic E-state index is 0.00310. The third kappa shape index (κ3) is 2.90. The summed E-state index contributed by atoms with van der Waals surface area (Å²) in [7, 11) is 0. The molecule has 0 unspecified atom stereocenters. The molecular formula is C17H17NO3. The van der Waals surface area contributed by atoms with Gasteiger partial charge in [-0.05, 0) is 11.6 Å². The lowest BCUT2D eigenvalue weighted by molar-refractivity contribution is -0.143. The first-order valence-corrected chi connectivity index (χ1v) is 6.95. The number of para-hydroxylation sites is 1. The first kappa shape index (κ1) is 13.6. The number of ether oxygens (including phenoxy) is 1. The van der Waals surface area contributed by atoms with Gasteiger partial charge in [0.2, 0.25) is 0 Å². The summed E-state index contributed by atoms with van der Waals surface area (Å²) in [5, 5.41) is 12.2. The summed E-state index contributed by atoms with van der Waals surface area (Å²) in [6.45, 7) is 1.12. The molecule has 0 aromatic heterocycles. The van der Waals surface area contributed by atoms with Crippen molar-refractivity contribution in [3.63, 3.8) is 0 Å². The number of aliphatic carboxylic acids is 1. The van der Waals surface area contributed by atoms with Crippen molar-refractivity contribution in [3.8, 4) is 16.9 Å². The van der Waals surface area contributed by atoms with Crippen LogP contribution in [0.15, 0.2) is 54.6 Å². The molecular weight excluding hydrogens is 266 g/mol. The van der Waals surface area contributed by atoms with Gasteiger partial charge in [0, 0.05) is 18.7 Å². The second-order valence-corrected chi connectivity index (χ2v) is 5.32. The highest BCUT2D eigenvalue weighted by molar-refractivity contribution is 5.71. The summed E-state index contributed by atoms with van der Waals surface area (Å²) in [6, 6.07) is 17.7. The van der Waals surface area contributed by atoms with Crippen LogP contribution in [0.1, 0.15) is 6.42 Å².